The predicted octanol–water partition coefficient (Wildman–Crippen LogP) is 4.22. The zero-order chi connectivity index (χ0) is 13.6. The monoisotopic (exact) mass is 336 g/mol. The van der Waals surface area contributed by atoms with E-state index >= 15 is 0 Å². The molecule has 0 saturated carbocycles. The predicted molar refractivity (Wildman–Crippen MR) is 75.3 cm³/mol. The normalized spacial score (nSPS) is 11.6. The number of rotatable bonds is 7. The van der Waals surface area contributed by atoms with E-state index in [4.69, 9.17) is 13.8 Å². The van der Waals surface area contributed by atoms with Gasteiger partial charge in [-0.05, 0) is 37.6 Å². The Morgan fingerprint density at radius 2 is 1.83 bits per heavy atom. The number of halogens is 1. The van der Waals surface area contributed by atoms with Crippen LogP contribution in [-0.2, 0) is 19.8 Å². The molecule has 0 N–H and O–H groups in total. The molecule has 6 heteroatoms. The Labute approximate surface area is 116 Å². The molecule has 1 rings (SSSR count). The molecule has 0 atom stereocenters. The minimum atomic E-state index is -3.08. The van der Waals surface area contributed by atoms with Crippen molar-refractivity contribution in [1.82, 2.24) is 0 Å². The summed E-state index contributed by atoms with van der Waals surface area (Å²) in [4.78, 5) is 0. The van der Waals surface area contributed by atoms with Gasteiger partial charge >= 0.3 is 7.60 Å². The van der Waals surface area contributed by atoms with E-state index < -0.39 is 7.60 Å². The third kappa shape index (κ3) is 4.39. The van der Waals surface area contributed by atoms with E-state index in [2.05, 4.69) is 15.9 Å². The van der Waals surface area contributed by atoms with Crippen molar-refractivity contribution < 1.29 is 18.3 Å². The molecule has 0 aliphatic rings. The number of hydrogen-bond donors (Lipinski definition) is 0. The average molecular weight is 337 g/mol. The number of methoxy groups -OCH3 is 1. The fourth-order valence-corrected chi connectivity index (χ4v) is 3.86. The van der Waals surface area contributed by atoms with Crippen molar-refractivity contribution in [3.8, 4) is 5.75 Å². The summed E-state index contributed by atoms with van der Waals surface area (Å²) in [7, 11) is -1.49. The standard InChI is InChI=1S/C12H18BrO4P/c1-4-16-18(14,17-5-2)9-10-8-11(15-3)6-7-12(10)13/h6-8H,4-5,9H2,1-3H3. The van der Waals surface area contributed by atoms with Crippen LogP contribution in [0, 0.1) is 0 Å². The molecule has 0 saturated heterocycles. The lowest BCUT2D eigenvalue weighted by molar-refractivity contribution is 0.219. The maximum Gasteiger partial charge on any atom is 0.335 e. The highest BCUT2D eigenvalue weighted by molar-refractivity contribution is 9.10. The lowest BCUT2D eigenvalue weighted by Crippen LogP contribution is -2.00. The van der Waals surface area contributed by atoms with E-state index in [1.807, 2.05) is 18.2 Å². The second-order valence-corrected chi connectivity index (χ2v) is 6.47. The zero-order valence-electron chi connectivity index (χ0n) is 10.8. The van der Waals surface area contributed by atoms with Crippen LogP contribution in [0.4, 0.5) is 0 Å². The van der Waals surface area contributed by atoms with Gasteiger partial charge in [0.1, 0.15) is 5.75 Å². The van der Waals surface area contributed by atoms with Crippen molar-refractivity contribution >= 4 is 23.5 Å². The van der Waals surface area contributed by atoms with Crippen LogP contribution in [0.15, 0.2) is 22.7 Å². The van der Waals surface area contributed by atoms with Crippen LogP contribution < -0.4 is 4.74 Å². The molecule has 0 aliphatic carbocycles. The van der Waals surface area contributed by atoms with Gasteiger partial charge in [0.25, 0.3) is 0 Å². The topological polar surface area (TPSA) is 44.8 Å². The first-order valence-corrected chi connectivity index (χ1v) is 8.27. The fraction of sp³-hybridized carbons (Fsp3) is 0.500. The third-order valence-corrected chi connectivity index (χ3v) is 5.07. The van der Waals surface area contributed by atoms with Crippen LogP contribution in [0.25, 0.3) is 0 Å². The summed E-state index contributed by atoms with van der Waals surface area (Å²) in [5.41, 5.74) is 0.847. The number of ether oxygens (including phenoxy) is 1. The van der Waals surface area contributed by atoms with Crippen LogP contribution in [0.3, 0.4) is 0 Å². The van der Waals surface area contributed by atoms with E-state index in [9.17, 15) is 4.57 Å². The van der Waals surface area contributed by atoms with E-state index in [1.54, 1.807) is 21.0 Å². The molecule has 0 bridgehead atoms. The lowest BCUT2D eigenvalue weighted by Gasteiger charge is -2.18. The zero-order valence-corrected chi connectivity index (χ0v) is 13.3. The molecule has 0 fully saturated rings. The molecule has 0 heterocycles. The van der Waals surface area contributed by atoms with Crippen molar-refractivity contribution in [2.24, 2.45) is 0 Å². The highest BCUT2D eigenvalue weighted by Crippen LogP contribution is 2.52. The Bertz CT molecular complexity index is 426. The van der Waals surface area contributed by atoms with Crippen LogP contribution in [0.2, 0.25) is 0 Å². The average Bonchev–Trinajstić information content (AvgIpc) is 2.32. The Morgan fingerprint density at radius 3 is 2.33 bits per heavy atom. The summed E-state index contributed by atoms with van der Waals surface area (Å²) in [5, 5.41) is 0. The summed E-state index contributed by atoms with van der Waals surface area (Å²) in [6, 6.07) is 5.52. The summed E-state index contributed by atoms with van der Waals surface area (Å²) in [5.74, 6) is 0.716. The van der Waals surface area contributed by atoms with Gasteiger partial charge in [0, 0.05) is 4.47 Å². The van der Waals surface area contributed by atoms with Gasteiger partial charge in [0.2, 0.25) is 0 Å². The largest absolute Gasteiger partial charge is 0.497 e. The van der Waals surface area contributed by atoms with Gasteiger partial charge in [-0.2, -0.15) is 0 Å². The smallest absolute Gasteiger partial charge is 0.335 e. The van der Waals surface area contributed by atoms with Gasteiger partial charge in [-0.15, -0.1) is 0 Å². The molecule has 4 nitrogen and oxygen atoms in total. The first kappa shape index (κ1) is 15.7. The number of benzene rings is 1. The highest BCUT2D eigenvalue weighted by Gasteiger charge is 2.25. The molecular formula is C12H18BrO4P. The van der Waals surface area contributed by atoms with Crippen molar-refractivity contribution in [2.75, 3.05) is 20.3 Å². The molecule has 0 amide bonds. The van der Waals surface area contributed by atoms with Gasteiger partial charge in [-0.3, -0.25) is 4.57 Å². The molecule has 0 spiro atoms. The maximum atomic E-state index is 12.4. The van der Waals surface area contributed by atoms with Gasteiger partial charge in [-0.25, -0.2) is 0 Å². The molecule has 1 aromatic rings. The maximum absolute atomic E-state index is 12.4. The Balaban J connectivity index is 2.96. The second-order valence-electron chi connectivity index (χ2n) is 3.56. The molecule has 102 valence electrons. The van der Waals surface area contributed by atoms with Crippen molar-refractivity contribution in [3.63, 3.8) is 0 Å². The molecule has 0 unspecified atom stereocenters. The van der Waals surface area contributed by atoms with Crippen molar-refractivity contribution in [1.29, 1.82) is 0 Å². The third-order valence-electron chi connectivity index (χ3n) is 2.27. The fourth-order valence-electron chi connectivity index (χ4n) is 1.53. The van der Waals surface area contributed by atoms with Gasteiger partial charge < -0.3 is 13.8 Å². The molecule has 1 aromatic carbocycles. The number of hydrogen-bond acceptors (Lipinski definition) is 4. The summed E-state index contributed by atoms with van der Waals surface area (Å²) in [6.45, 7) is 4.32. The molecule has 0 aromatic heterocycles. The highest BCUT2D eigenvalue weighted by atomic mass is 79.9. The van der Waals surface area contributed by atoms with E-state index in [-0.39, 0.29) is 6.16 Å². The summed E-state index contributed by atoms with van der Waals surface area (Å²) in [6.07, 6.45) is 0.229. The molecular weight excluding hydrogens is 319 g/mol. The van der Waals surface area contributed by atoms with Crippen LogP contribution in [0.5, 0.6) is 5.75 Å². The summed E-state index contributed by atoms with van der Waals surface area (Å²) < 4.78 is 29.0. The Morgan fingerprint density at radius 1 is 1.22 bits per heavy atom. The SMILES string of the molecule is CCOP(=O)(Cc1cc(OC)ccc1Br)OCC. The summed E-state index contributed by atoms with van der Waals surface area (Å²) >= 11 is 3.43. The van der Waals surface area contributed by atoms with E-state index in [0.29, 0.717) is 19.0 Å². The van der Waals surface area contributed by atoms with Crippen molar-refractivity contribution in [3.05, 3.63) is 28.2 Å². The Kier molecular flexibility index (Phi) is 6.36. The van der Waals surface area contributed by atoms with Crippen LogP contribution >= 0.6 is 23.5 Å². The first-order chi connectivity index (χ1) is 8.54. The van der Waals surface area contributed by atoms with Gasteiger partial charge in [0.05, 0.1) is 26.5 Å². The van der Waals surface area contributed by atoms with E-state index in [1.165, 1.54) is 0 Å². The van der Waals surface area contributed by atoms with Gasteiger partial charge in [0.15, 0.2) is 0 Å². The first-order valence-electron chi connectivity index (χ1n) is 5.75. The van der Waals surface area contributed by atoms with Crippen LogP contribution in [0.1, 0.15) is 19.4 Å². The molecule has 18 heavy (non-hydrogen) atoms. The van der Waals surface area contributed by atoms with E-state index in [0.717, 1.165) is 10.0 Å². The van der Waals surface area contributed by atoms with Crippen LogP contribution in [-0.4, -0.2) is 20.3 Å². The molecule has 0 radical (unpaired) electrons. The molecule has 0 aliphatic heterocycles. The lowest BCUT2D eigenvalue weighted by atomic mass is 10.2. The Hall–Kier alpha value is -0.350. The minimum absolute atomic E-state index is 0.229. The van der Waals surface area contributed by atoms with Gasteiger partial charge in [-0.1, -0.05) is 15.9 Å². The van der Waals surface area contributed by atoms with Crippen molar-refractivity contribution in [2.45, 2.75) is 20.0 Å². The quantitative estimate of drug-likeness (QED) is 0.699. The minimum Gasteiger partial charge on any atom is -0.497 e. The second kappa shape index (κ2) is 7.29.